The maximum absolute atomic E-state index is 13.0. The molecule has 3 aromatic rings. The molecular formula is C20H20FN3O7S. The molecule has 0 aliphatic carbocycles. The molecule has 170 valence electrons. The molecule has 1 saturated heterocycles. The standard InChI is InChI=1S/C20H20FN3O7S/c21-31-16-15(26)13(8-25)30-19(16)24-7-12(18(28)23-20(24)29)17(27)22-6-5-10-9-32-14-4-2-1-3-11(10)14/h1-4,7,9,13,15-16,19,25-26H,5-6,8H2,(H,22,27)(H,23,28,29)/t13-,15+,16-,19-/m1/s1. The largest absolute Gasteiger partial charge is 0.394 e. The molecule has 0 bridgehead atoms. The molecule has 12 heteroatoms. The highest BCUT2D eigenvalue weighted by atomic mass is 32.1. The number of hydrogen-bond acceptors (Lipinski definition) is 8. The van der Waals surface area contributed by atoms with Gasteiger partial charge >= 0.3 is 5.69 Å². The molecule has 1 amide bonds. The Morgan fingerprint density at radius 1 is 1.34 bits per heavy atom. The van der Waals surface area contributed by atoms with Gasteiger partial charge in [0.15, 0.2) is 12.3 Å². The molecule has 1 aliphatic heterocycles. The Morgan fingerprint density at radius 3 is 2.88 bits per heavy atom. The van der Waals surface area contributed by atoms with E-state index in [0.29, 0.717) is 6.42 Å². The smallest absolute Gasteiger partial charge is 0.330 e. The van der Waals surface area contributed by atoms with Crippen molar-refractivity contribution in [3.8, 4) is 0 Å². The number of hydrogen-bond donors (Lipinski definition) is 4. The zero-order valence-corrected chi connectivity index (χ0v) is 17.4. The summed E-state index contributed by atoms with van der Waals surface area (Å²) >= 11 is 1.59. The van der Waals surface area contributed by atoms with Crippen LogP contribution in [0.1, 0.15) is 22.1 Å². The number of fused-ring (bicyclic) bond motifs is 1. The Balaban J connectivity index is 1.51. The van der Waals surface area contributed by atoms with Crippen molar-refractivity contribution >= 4 is 27.3 Å². The van der Waals surface area contributed by atoms with Gasteiger partial charge in [0.1, 0.15) is 17.8 Å². The van der Waals surface area contributed by atoms with E-state index in [0.717, 1.165) is 26.4 Å². The van der Waals surface area contributed by atoms with Crippen molar-refractivity contribution in [2.45, 2.75) is 31.0 Å². The van der Waals surface area contributed by atoms with Gasteiger partial charge in [-0.15, -0.1) is 11.3 Å². The zero-order chi connectivity index (χ0) is 22.8. The highest BCUT2D eigenvalue weighted by molar-refractivity contribution is 7.17. The summed E-state index contributed by atoms with van der Waals surface area (Å²) in [5, 5.41) is 24.9. The number of aromatic amines is 1. The number of aliphatic hydroxyl groups is 2. The van der Waals surface area contributed by atoms with Crippen LogP contribution in [-0.4, -0.2) is 57.1 Å². The van der Waals surface area contributed by atoms with Crippen molar-refractivity contribution < 1.29 is 29.2 Å². The summed E-state index contributed by atoms with van der Waals surface area (Å²) in [7, 11) is 0. The number of H-pyrrole nitrogens is 1. The van der Waals surface area contributed by atoms with E-state index < -0.39 is 53.9 Å². The molecule has 3 heterocycles. The van der Waals surface area contributed by atoms with Crippen LogP contribution >= 0.6 is 11.3 Å². The molecule has 10 nitrogen and oxygen atoms in total. The van der Waals surface area contributed by atoms with E-state index in [1.165, 1.54) is 0 Å². The van der Waals surface area contributed by atoms with Crippen molar-refractivity contribution in [1.82, 2.24) is 14.9 Å². The van der Waals surface area contributed by atoms with Crippen molar-refractivity contribution in [2.24, 2.45) is 0 Å². The summed E-state index contributed by atoms with van der Waals surface area (Å²) in [6.45, 7) is -0.417. The van der Waals surface area contributed by atoms with Gasteiger partial charge in [0.05, 0.1) is 6.61 Å². The zero-order valence-electron chi connectivity index (χ0n) is 16.6. The third kappa shape index (κ3) is 4.10. The number of rotatable bonds is 7. The lowest BCUT2D eigenvalue weighted by atomic mass is 10.1. The number of benzene rings is 1. The van der Waals surface area contributed by atoms with Crippen LogP contribution in [0.3, 0.4) is 0 Å². The number of aliphatic hydroxyl groups excluding tert-OH is 2. The fourth-order valence-corrected chi connectivity index (χ4v) is 4.65. The average Bonchev–Trinajstić information content (AvgIpc) is 3.34. The molecule has 4 rings (SSSR count). The first-order chi connectivity index (χ1) is 15.4. The number of carbonyl (C=O) groups is 1. The molecule has 4 atom stereocenters. The Morgan fingerprint density at radius 2 is 2.12 bits per heavy atom. The van der Waals surface area contributed by atoms with Gasteiger partial charge < -0.3 is 20.3 Å². The molecule has 0 spiro atoms. The van der Waals surface area contributed by atoms with Gasteiger partial charge in [0.2, 0.25) is 0 Å². The van der Waals surface area contributed by atoms with E-state index in [1.807, 2.05) is 34.6 Å². The SMILES string of the molecule is O=C(NCCc1csc2ccccc12)c1cn([C@@H]2O[C@H](CO)[C@H](O)[C@H]2OF)c(=O)[nH]c1=O. The summed E-state index contributed by atoms with van der Waals surface area (Å²) in [4.78, 5) is 42.7. The molecule has 2 aromatic heterocycles. The van der Waals surface area contributed by atoms with Crippen LogP contribution in [0, 0.1) is 0 Å². The van der Waals surface area contributed by atoms with Crippen LogP contribution in [-0.2, 0) is 16.1 Å². The van der Waals surface area contributed by atoms with Gasteiger partial charge in [-0.25, -0.2) is 4.79 Å². The van der Waals surface area contributed by atoms with Crippen LogP contribution in [0.25, 0.3) is 10.1 Å². The molecule has 1 fully saturated rings. The first kappa shape index (κ1) is 22.3. The Bertz CT molecular complexity index is 1240. The summed E-state index contributed by atoms with van der Waals surface area (Å²) in [6.07, 6.45) is -4.47. The number of nitrogens with one attached hydrogen (secondary N) is 2. The number of carbonyl (C=O) groups excluding carboxylic acids is 1. The average molecular weight is 465 g/mol. The molecule has 0 unspecified atom stereocenters. The lowest BCUT2D eigenvalue weighted by Gasteiger charge is -2.18. The second kappa shape index (κ2) is 9.30. The van der Waals surface area contributed by atoms with Crippen LogP contribution in [0.5, 0.6) is 0 Å². The van der Waals surface area contributed by atoms with Crippen LogP contribution in [0.4, 0.5) is 4.53 Å². The van der Waals surface area contributed by atoms with Crippen LogP contribution in [0.15, 0.2) is 45.4 Å². The van der Waals surface area contributed by atoms with E-state index in [1.54, 1.807) is 11.3 Å². The van der Waals surface area contributed by atoms with Gasteiger partial charge in [-0.2, -0.15) is 4.94 Å². The quantitative estimate of drug-likeness (QED) is 0.392. The van der Waals surface area contributed by atoms with Gasteiger partial charge in [0, 0.05) is 17.4 Å². The molecule has 4 N–H and O–H groups in total. The first-order valence-corrected chi connectivity index (χ1v) is 10.6. The second-order valence-corrected chi connectivity index (χ2v) is 8.18. The van der Waals surface area contributed by atoms with Crippen LogP contribution in [0.2, 0.25) is 0 Å². The van der Waals surface area contributed by atoms with Gasteiger partial charge in [0.25, 0.3) is 11.5 Å². The summed E-state index contributed by atoms with van der Waals surface area (Å²) in [5.41, 5.74) is -1.27. The van der Waals surface area contributed by atoms with E-state index in [-0.39, 0.29) is 6.54 Å². The number of thiophene rings is 1. The normalized spacial score (nSPS) is 23.0. The predicted molar refractivity (Wildman–Crippen MR) is 112 cm³/mol. The number of amides is 1. The minimum Gasteiger partial charge on any atom is -0.394 e. The third-order valence-electron chi connectivity index (χ3n) is 5.32. The minimum atomic E-state index is -1.64. The number of ether oxygens (including phenoxy) is 1. The number of halogens is 1. The topological polar surface area (TPSA) is 143 Å². The number of nitrogens with zero attached hydrogens (tertiary/aromatic N) is 1. The highest BCUT2D eigenvalue weighted by Gasteiger charge is 2.47. The Kier molecular flexibility index (Phi) is 6.48. The van der Waals surface area contributed by atoms with Gasteiger partial charge in [-0.05, 0) is 33.3 Å². The number of aromatic nitrogens is 2. The second-order valence-electron chi connectivity index (χ2n) is 7.26. The lowest BCUT2D eigenvalue weighted by Crippen LogP contribution is -2.41. The van der Waals surface area contributed by atoms with Crippen molar-refractivity contribution in [3.05, 3.63) is 67.8 Å². The van der Waals surface area contributed by atoms with Crippen molar-refractivity contribution in [1.29, 1.82) is 0 Å². The van der Waals surface area contributed by atoms with E-state index in [9.17, 15) is 29.1 Å². The molecule has 32 heavy (non-hydrogen) atoms. The summed E-state index contributed by atoms with van der Waals surface area (Å²) < 4.78 is 20.1. The molecule has 0 radical (unpaired) electrons. The maximum Gasteiger partial charge on any atom is 0.330 e. The molecule has 1 aliphatic rings. The van der Waals surface area contributed by atoms with E-state index in [4.69, 9.17) is 4.74 Å². The summed E-state index contributed by atoms with van der Waals surface area (Å²) in [6, 6.07) is 7.86. The predicted octanol–water partition coefficient (Wildman–Crippen LogP) is 0.244. The van der Waals surface area contributed by atoms with E-state index >= 15 is 0 Å². The Hall–Kier alpha value is -2.90. The first-order valence-electron chi connectivity index (χ1n) is 9.75. The van der Waals surface area contributed by atoms with E-state index in [2.05, 4.69) is 10.3 Å². The van der Waals surface area contributed by atoms with Crippen LogP contribution < -0.4 is 16.6 Å². The Labute approximate surface area is 183 Å². The maximum atomic E-state index is 13.0. The fraction of sp³-hybridized carbons (Fsp3) is 0.350. The summed E-state index contributed by atoms with van der Waals surface area (Å²) in [5.74, 6) is -0.741. The lowest BCUT2D eigenvalue weighted by molar-refractivity contribution is -0.221. The van der Waals surface area contributed by atoms with Crippen molar-refractivity contribution in [2.75, 3.05) is 13.2 Å². The van der Waals surface area contributed by atoms with Gasteiger partial charge in [-0.1, -0.05) is 18.2 Å². The third-order valence-corrected chi connectivity index (χ3v) is 6.34. The molecule has 0 saturated carbocycles. The minimum absolute atomic E-state index is 0.236. The highest BCUT2D eigenvalue weighted by Crippen LogP contribution is 2.31. The molecular weight excluding hydrogens is 445 g/mol. The fourth-order valence-electron chi connectivity index (χ4n) is 3.66. The van der Waals surface area contributed by atoms with Crippen molar-refractivity contribution in [3.63, 3.8) is 0 Å². The van der Waals surface area contributed by atoms with Gasteiger partial charge in [-0.3, -0.25) is 19.1 Å². The monoisotopic (exact) mass is 465 g/mol. The molecule has 1 aromatic carbocycles.